The molecule has 0 saturated carbocycles. The number of piperidine rings is 1. The lowest BCUT2D eigenvalue weighted by Crippen LogP contribution is -2.48. The molecule has 1 fully saturated rings. The van der Waals surface area contributed by atoms with E-state index in [-0.39, 0.29) is 11.8 Å². The van der Waals surface area contributed by atoms with Crippen LogP contribution in [0.5, 0.6) is 0 Å². The minimum Gasteiger partial charge on any atom is -0.339 e. The maximum Gasteiger partial charge on any atom is 0.253 e. The van der Waals surface area contributed by atoms with Gasteiger partial charge in [0, 0.05) is 49.9 Å². The summed E-state index contributed by atoms with van der Waals surface area (Å²) in [4.78, 5) is 32.1. The summed E-state index contributed by atoms with van der Waals surface area (Å²) in [7, 11) is 0. The number of hydrogen-bond acceptors (Lipinski definition) is 3. The molecule has 2 aromatic carbocycles. The maximum absolute atomic E-state index is 12.9. The van der Waals surface area contributed by atoms with Crippen molar-refractivity contribution in [2.75, 3.05) is 37.6 Å². The van der Waals surface area contributed by atoms with Crippen molar-refractivity contribution >= 4 is 17.5 Å². The summed E-state index contributed by atoms with van der Waals surface area (Å²) in [5.41, 5.74) is 3.13. The average Bonchev–Trinajstić information content (AvgIpc) is 3.26. The second kappa shape index (κ2) is 10.1. The Kier molecular flexibility index (Phi) is 7.03. The first-order valence-electron chi connectivity index (χ1n) is 11.6. The Bertz CT molecular complexity index is 891. The van der Waals surface area contributed by atoms with Gasteiger partial charge in [-0.2, -0.15) is 0 Å². The number of hydrogen-bond donors (Lipinski definition) is 0. The van der Waals surface area contributed by atoms with E-state index in [0.29, 0.717) is 12.5 Å². The van der Waals surface area contributed by atoms with Gasteiger partial charge in [0.05, 0.1) is 0 Å². The number of carbonyl (C=O) groups is 2. The molecule has 0 unspecified atom stereocenters. The normalized spacial score (nSPS) is 16.6. The van der Waals surface area contributed by atoms with Crippen LogP contribution in [0, 0.1) is 0 Å². The van der Waals surface area contributed by atoms with E-state index in [9.17, 15) is 9.59 Å². The highest BCUT2D eigenvalue weighted by Crippen LogP contribution is 2.28. The van der Waals surface area contributed by atoms with Crippen LogP contribution in [0.25, 0.3) is 0 Å². The molecule has 2 aromatic rings. The first-order valence-corrected chi connectivity index (χ1v) is 11.6. The van der Waals surface area contributed by atoms with Crippen LogP contribution in [0.4, 0.5) is 5.69 Å². The van der Waals surface area contributed by atoms with E-state index in [2.05, 4.69) is 24.0 Å². The molecule has 0 spiro atoms. The molecule has 5 heteroatoms. The second-order valence-corrected chi connectivity index (χ2v) is 8.60. The summed E-state index contributed by atoms with van der Waals surface area (Å²) in [5, 5.41) is 0. The minimum absolute atomic E-state index is 0.129. The van der Waals surface area contributed by atoms with Crippen LogP contribution in [-0.4, -0.2) is 60.4 Å². The lowest BCUT2D eigenvalue weighted by atomic mass is 10.0. The Hall–Kier alpha value is -2.66. The number of likely N-dealkylation sites (tertiary alicyclic amines) is 1. The number of amides is 2. The van der Waals surface area contributed by atoms with Crippen LogP contribution in [-0.2, 0) is 11.2 Å². The van der Waals surface area contributed by atoms with Gasteiger partial charge in [-0.25, -0.2) is 0 Å². The smallest absolute Gasteiger partial charge is 0.253 e. The molecular formula is C26H33N3O2. The zero-order chi connectivity index (χ0) is 21.6. The van der Waals surface area contributed by atoms with Gasteiger partial charge in [0.25, 0.3) is 5.91 Å². The zero-order valence-electron chi connectivity index (χ0n) is 18.5. The standard InChI is InChI=1S/C26H33N3O2/c1-2-16-27(19-15-25(30)29-20-12-21-8-6-7-11-24(21)29)23-13-17-28(18-14-23)26(31)22-9-4-3-5-10-22/h3-11,23H,2,12-20H2,1H3. The van der Waals surface area contributed by atoms with Gasteiger partial charge in [-0.15, -0.1) is 0 Å². The minimum atomic E-state index is 0.129. The molecule has 0 N–H and O–H groups in total. The molecule has 0 aliphatic carbocycles. The summed E-state index contributed by atoms with van der Waals surface area (Å²) >= 11 is 0. The van der Waals surface area contributed by atoms with Gasteiger partial charge < -0.3 is 9.80 Å². The van der Waals surface area contributed by atoms with Crippen LogP contribution in [0.2, 0.25) is 0 Å². The molecular weight excluding hydrogens is 386 g/mol. The van der Waals surface area contributed by atoms with Gasteiger partial charge in [0.2, 0.25) is 5.91 Å². The van der Waals surface area contributed by atoms with Crippen molar-refractivity contribution in [2.45, 2.75) is 45.1 Å². The Labute approximate surface area is 185 Å². The molecule has 1 saturated heterocycles. The molecule has 0 aromatic heterocycles. The highest BCUT2D eigenvalue weighted by molar-refractivity contribution is 5.95. The van der Waals surface area contributed by atoms with E-state index in [1.165, 1.54) is 5.56 Å². The Morgan fingerprint density at radius 2 is 1.65 bits per heavy atom. The summed E-state index contributed by atoms with van der Waals surface area (Å²) in [6.45, 7) is 6.35. The molecule has 164 valence electrons. The van der Waals surface area contributed by atoms with Crippen LogP contribution >= 0.6 is 0 Å². The summed E-state index contributed by atoms with van der Waals surface area (Å²) < 4.78 is 0. The molecule has 5 nitrogen and oxygen atoms in total. The van der Waals surface area contributed by atoms with Crippen molar-refractivity contribution in [3.05, 3.63) is 65.7 Å². The molecule has 0 atom stereocenters. The topological polar surface area (TPSA) is 43.9 Å². The first kappa shape index (κ1) is 21.6. The fourth-order valence-corrected chi connectivity index (χ4v) is 4.93. The van der Waals surface area contributed by atoms with E-state index in [1.807, 2.05) is 52.3 Å². The Morgan fingerprint density at radius 3 is 2.39 bits per heavy atom. The van der Waals surface area contributed by atoms with Gasteiger partial charge in [-0.3, -0.25) is 14.5 Å². The van der Waals surface area contributed by atoms with E-state index < -0.39 is 0 Å². The highest BCUT2D eigenvalue weighted by atomic mass is 16.2. The molecule has 2 heterocycles. The van der Waals surface area contributed by atoms with Gasteiger partial charge in [0.1, 0.15) is 0 Å². The average molecular weight is 420 g/mol. The van der Waals surface area contributed by atoms with Gasteiger partial charge in [0.15, 0.2) is 0 Å². The summed E-state index contributed by atoms with van der Waals surface area (Å²) in [6, 6.07) is 18.2. The van der Waals surface area contributed by atoms with Crippen LogP contribution in [0.15, 0.2) is 54.6 Å². The van der Waals surface area contributed by atoms with Crippen LogP contribution in [0.1, 0.15) is 48.5 Å². The maximum atomic E-state index is 12.9. The van der Waals surface area contributed by atoms with Crippen LogP contribution < -0.4 is 4.90 Å². The number of nitrogens with zero attached hydrogens (tertiary/aromatic N) is 3. The molecule has 2 aliphatic heterocycles. The van der Waals surface area contributed by atoms with Crippen molar-refractivity contribution in [1.29, 1.82) is 0 Å². The number of para-hydroxylation sites is 1. The predicted octanol–water partition coefficient (Wildman–Crippen LogP) is 3.98. The number of fused-ring (bicyclic) bond motifs is 1. The van der Waals surface area contributed by atoms with Crippen molar-refractivity contribution in [3.63, 3.8) is 0 Å². The molecule has 0 radical (unpaired) electrons. The number of anilines is 1. The van der Waals surface area contributed by atoms with Crippen molar-refractivity contribution < 1.29 is 9.59 Å². The van der Waals surface area contributed by atoms with Crippen LogP contribution in [0.3, 0.4) is 0 Å². The van der Waals surface area contributed by atoms with E-state index in [1.54, 1.807) is 0 Å². The predicted molar refractivity (Wildman–Crippen MR) is 124 cm³/mol. The summed E-state index contributed by atoms with van der Waals surface area (Å²) in [5.74, 6) is 0.353. The Morgan fingerprint density at radius 1 is 0.935 bits per heavy atom. The third-order valence-corrected chi connectivity index (χ3v) is 6.60. The number of rotatable bonds is 7. The zero-order valence-corrected chi connectivity index (χ0v) is 18.5. The third kappa shape index (κ3) is 4.99. The van der Waals surface area contributed by atoms with Gasteiger partial charge in [-0.05, 0) is 56.0 Å². The van der Waals surface area contributed by atoms with Crippen molar-refractivity contribution in [1.82, 2.24) is 9.80 Å². The summed E-state index contributed by atoms with van der Waals surface area (Å²) in [6.07, 6.45) is 4.52. The van der Waals surface area contributed by atoms with Crippen molar-refractivity contribution in [3.8, 4) is 0 Å². The third-order valence-electron chi connectivity index (χ3n) is 6.60. The number of benzene rings is 2. The fourth-order valence-electron chi connectivity index (χ4n) is 4.93. The fraction of sp³-hybridized carbons (Fsp3) is 0.462. The molecule has 0 bridgehead atoms. The quantitative estimate of drug-likeness (QED) is 0.682. The highest BCUT2D eigenvalue weighted by Gasteiger charge is 2.29. The second-order valence-electron chi connectivity index (χ2n) is 8.60. The van der Waals surface area contributed by atoms with E-state index in [0.717, 1.165) is 69.7 Å². The largest absolute Gasteiger partial charge is 0.339 e. The lowest BCUT2D eigenvalue weighted by Gasteiger charge is -2.38. The molecule has 2 aliphatic rings. The molecule has 2 amide bonds. The van der Waals surface area contributed by atoms with E-state index >= 15 is 0 Å². The first-order chi connectivity index (χ1) is 15.2. The number of carbonyl (C=O) groups excluding carboxylic acids is 2. The Balaban J connectivity index is 1.30. The van der Waals surface area contributed by atoms with E-state index in [4.69, 9.17) is 0 Å². The molecule has 31 heavy (non-hydrogen) atoms. The molecule has 4 rings (SSSR count). The van der Waals surface area contributed by atoms with Gasteiger partial charge in [-0.1, -0.05) is 43.3 Å². The van der Waals surface area contributed by atoms with Crippen molar-refractivity contribution in [2.24, 2.45) is 0 Å². The monoisotopic (exact) mass is 419 g/mol. The van der Waals surface area contributed by atoms with Gasteiger partial charge >= 0.3 is 0 Å². The lowest BCUT2D eigenvalue weighted by molar-refractivity contribution is -0.119. The SMILES string of the molecule is CCCN(CCC(=O)N1CCc2ccccc21)C1CCN(C(=O)c2ccccc2)CC1.